The minimum atomic E-state index is -0.261. The fourth-order valence-corrected chi connectivity index (χ4v) is 7.22. The highest BCUT2D eigenvalue weighted by Crippen LogP contribution is 2.45. The van der Waals surface area contributed by atoms with Gasteiger partial charge in [0.2, 0.25) is 0 Å². The van der Waals surface area contributed by atoms with E-state index in [0.717, 1.165) is 71.2 Å². The van der Waals surface area contributed by atoms with Crippen molar-refractivity contribution in [2.45, 2.75) is 63.3 Å². The number of aldehydes is 1. The molecule has 6 rings (SSSR count). The number of nitrogens with zero attached hydrogens (tertiary/aromatic N) is 4. The van der Waals surface area contributed by atoms with Crippen molar-refractivity contribution < 1.29 is 9.59 Å². The van der Waals surface area contributed by atoms with Gasteiger partial charge in [-0.15, -0.1) is 0 Å². The molecule has 0 radical (unpaired) electrons. The minimum absolute atomic E-state index is 0.142. The first-order chi connectivity index (χ1) is 21.7. The number of anilines is 1. The lowest BCUT2D eigenvalue weighted by Gasteiger charge is -2.35. The second-order valence-corrected chi connectivity index (χ2v) is 13.9. The molecule has 1 saturated carbocycles. The van der Waals surface area contributed by atoms with Crippen LogP contribution in [-0.2, 0) is 16.1 Å². The normalized spacial score (nSPS) is 18.5. The zero-order valence-corrected chi connectivity index (χ0v) is 28.2. The molecule has 0 bridgehead atoms. The summed E-state index contributed by atoms with van der Waals surface area (Å²) in [7, 11) is 0. The number of amides is 1. The third kappa shape index (κ3) is 8.55. The van der Waals surface area contributed by atoms with Crippen LogP contribution in [0.4, 0.5) is 5.69 Å². The molecule has 45 heavy (non-hydrogen) atoms. The fourth-order valence-electron chi connectivity index (χ4n) is 5.43. The smallest absolute Gasteiger partial charge is 0.269 e. The van der Waals surface area contributed by atoms with Gasteiger partial charge in [-0.3, -0.25) is 9.69 Å². The number of halogens is 2. The van der Waals surface area contributed by atoms with Gasteiger partial charge in [-0.2, -0.15) is 5.10 Å². The third-order valence-electron chi connectivity index (χ3n) is 8.18. The van der Waals surface area contributed by atoms with E-state index in [1.165, 1.54) is 25.5 Å². The van der Waals surface area contributed by atoms with Gasteiger partial charge >= 0.3 is 0 Å². The van der Waals surface area contributed by atoms with E-state index < -0.39 is 0 Å². The monoisotopic (exact) mass is 663 g/mol. The zero-order chi connectivity index (χ0) is 31.9. The molecule has 3 aromatic rings. The summed E-state index contributed by atoms with van der Waals surface area (Å²) in [6.07, 6.45) is 11.3. The minimum Gasteiger partial charge on any atom is -0.306 e. The molecule has 1 aliphatic carbocycles. The number of hydrogen-bond donors (Lipinski definition) is 1. The quantitative estimate of drug-likeness (QED) is 0.184. The first-order valence-electron chi connectivity index (χ1n) is 15.4. The fraction of sp³-hybridized carbons (Fsp3) is 0.371. The molecule has 3 aliphatic rings. The molecule has 236 valence electrons. The van der Waals surface area contributed by atoms with E-state index in [4.69, 9.17) is 28.2 Å². The molecule has 1 aromatic heterocycles. The van der Waals surface area contributed by atoms with Crippen LogP contribution in [0, 0.1) is 18.8 Å². The Balaban J connectivity index is 0.000000729. The summed E-state index contributed by atoms with van der Waals surface area (Å²) >= 11 is 14.8. The Morgan fingerprint density at radius 1 is 1.11 bits per heavy atom. The highest BCUT2D eigenvalue weighted by atomic mass is 35.5. The van der Waals surface area contributed by atoms with Crippen LogP contribution in [0.1, 0.15) is 67.0 Å². The number of aromatic nitrogens is 1. The maximum Gasteiger partial charge on any atom is 0.269 e. The zero-order valence-electron chi connectivity index (χ0n) is 25.9. The van der Waals surface area contributed by atoms with E-state index >= 15 is 0 Å². The first kappa shape index (κ1) is 33.2. The van der Waals surface area contributed by atoms with Crippen LogP contribution in [0.15, 0.2) is 76.8 Å². The van der Waals surface area contributed by atoms with Crippen LogP contribution in [0.5, 0.6) is 0 Å². The summed E-state index contributed by atoms with van der Waals surface area (Å²) in [6.45, 7) is 8.72. The molecule has 1 atom stereocenters. The van der Waals surface area contributed by atoms with Gasteiger partial charge in [-0.25, -0.2) is 9.99 Å². The number of pyridine rings is 1. The molecule has 2 aromatic carbocycles. The number of benzene rings is 2. The highest BCUT2D eigenvalue weighted by molar-refractivity contribution is 7.99. The van der Waals surface area contributed by atoms with E-state index in [-0.39, 0.29) is 17.1 Å². The Morgan fingerprint density at radius 2 is 1.84 bits per heavy atom. The van der Waals surface area contributed by atoms with Gasteiger partial charge in [0.15, 0.2) is 0 Å². The van der Waals surface area contributed by atoms with E-state index in [1.807, 2.05) is 68.6 Å². The van der Waals surface area contributed by atoms with Gasteiger partial charge in [0.25, 0.3) is 5.91 Å². The summed E-state index contributed by atoms with van der Waals surface area (Å²) in [4.78, 5) is 29.8. The molecule has 2 fully saturated rings. The van der Waals surface area contributed by atoms with E-state index in [2.05, 4.69) is 28.3 Å². The lowest BCUT2D eigenvalue weighted by molar-refractivity contribution is -0.116. The predicted molar refractivity (Wildman–Crippen MR) is 185 cm³/mol. The van der Waals surface area contributed by atoms with E-state index in [1.54, 1.807) is 16.8 Å². The van der Waals surface area contributed by atoms with Crippen LogP contribution in [0.3, 0.4) is 0 Å². The lowest BCUT2D eigenvalue weighted by atomic mass is 9.88. The maximum absolute atomic E-state index is 11.9. The Morgan fingerprint density at radius 3 is 2.42 bits per heavy atom. The number of allylic oxidation sites excluding steroid dienone is 1. The Labute approximate surface area is 280 Å². The SMILES string of the molecule is CC/C=C1\NC(=O)C=NN1c1cc(C)c(C(Sc2ccc(CN3CC(C=O)C3)cn2)c2ccc(Cl)cc2)c(Cl)c1.CC1CCC1. The molecule has 0 spiro atoms. The van der Waals surface area contributed by atoms with Crippen molar-refractivity contribution in [1.82, 2.24) is 15.2 Å². The molecule has 10 heteroatoms. The number of carbonyl (C=O) groups is 2. The number of thioether (sulfide) groups is 1. The van der Waals surface area contributed by atoms with Crippen molar-refractivity contribution in [3.8, 4) is 0 Å². The van der Waals surface area contributed by atoms with Crippen molar-refractivity contribution in [3.63, 3.8) is 0 Å². The van der Waals surface area contributed by atoms with Crippen LogP contribution in [0.2, 0.25) is 10.0 Å². The molecule has 1 saturated heterocycles. The van der Waals surface area contributed by atoms with E-state index in [9.17, 15) is 9.59 Å². The molecule has 1 N–H and O–H groups in total. The average molecular weight is 665 g/mol. The predicted octanol–water partition coefficient (Wildman–Crippen LogP) is 8.19. The van der Waals surface area contributed by atoms with Crippen molar-refractivity contribution in [2.75, 3.05) is 18.1 Å². The number of likely N-dealkylation sites (tertiary alicyclic amines) is 1. The summed E-state index contributed by atoms with van der Waals surface area (Å²) in [5.41, 5.74) is 4.87. The van der Waals surface area contributed by atoms with Crippen molar-refractivity contribution in [3.05, 3.63) is 98.9 Å². The van der Waals surface area contributed by atoms with Gasteiger partial charge < -0.3 is 10.1 Å². The highest BCUT2D eigenvalue weighted by Gasteiger charge is 2.27. The first-order valence-corrected chi connectivity index (χ1v) is 17.1. The summed E-state index contributed by atoms with van der Waals surface area (Å²) in [6, 6.07) is 15.8. The third-order valence-corrected chi connectivity index (χ3v) is 9.97. The van der Waals surface area contributed by atoms with Crippen molar-refractivity contribution in [2.24, 2.45) is 16.9 Å². The molecule has 3 heterocycles. The second-order valence-electron chi connectivity index (χ2n) is 11.9. The second kappa shape index (κ2) is 15.4. The molecule has 2 aliphatic heterocycles. The molecule has 1 unspecified atom stereocenters. The summed E-state index contributed by atoms with van der Waals surface area (Å²) in [5.74, 6) is 1.56. The van der Waals surface area contributed by atoms with Gasteiger partial charge in [-0.05, 0) is 77.9 Å². The average Bonchev–Trinajstić information content (AvgIpc) is 2.98. The lowest BCUT2D eigenvalue weighted by Crippen LogP contribution is -2.46. The topological polar surface area (TPSA) is 77.9 Å². The summed E-state index contributed by atoms with van der Waals surface area (Å²) in [5, 5.41) is 10.9. The number of hydrogen-bond acceptors (Lipinski definition) is 7. The number of nitrogens with one attached hydrogen (secondary N) is 1. The molecule has 7 nitrogen and oxygen atoms in total. The maximum atomic E-state index is 11.9. The van der Waals surface area contributed by atoms with Gasteiger partial charge in [0.05, 0.1) is 16.0 Å². The number of carbonyl (C=O) groups excluding carboxylic acids is 2. The van der Waals surface area contributed by atoms with Crippen LogP contribution in [0.25, 0.3) is 0 Å². The van der Waals surface area contributed by atoms with Gasteiger partial charge in [0, 0.05) is 41.8 Å². The standard InChI is InChI=1S/C30H29Cl2N5O2S.C5H10/c1-3-4-26-35-27(39)14-34-37(26)24-11-19(2)29(25(32)12-24)30(22-6-8-23(31)9-7-22)40-28-10-5-20(13-33-28)15-36-16-21(17-36)18-38;1-5-3-2-4-5/h4-14,18,21,30H,3,15-17H2,1-2H3,(H,35,39);5H,2-4H2,1H3/b26-4+;. The Bertz CT molecular complexity index is 1530. The van der Waals surface area contributed by atoms with Crippen LogP contribution < -0.4 is 10.3 Å². The molecule has 1 amide bonds. The number of rotatable bonds is 9. The molecular weight excluding hydrogens is 625 g/mol. The number of hydrazone groups is 1. The Kier molecular flexibility index (Phi) is 11.4. The van der Waals surface area contributed by atoms with Gasteiger partial charge in [0.1, 0.15) is 18.3 Å². The van der Waals surface area contributed by atoms with Crippen LogP contribution in [-0.4, -0.2) is 41.4 Å². The Hall–Kier alpha value is -3.17. The molecular formula is C35H39Cl2N5O2S. The van der Waals surface area contributed by atoms with Crippen molar-refractivity contribution in [1.29, 1.82) is 0 Å². The summed E-state index contributed by atoms with van der Waals surface area (Å²) < 4.78 is 0. The largest absolute Gasteiger partial charge is 0.306 e. The van der Waals surface area contributed by atoms with Crippen LogP contribution >= 0.6 is 35.0 Å². The number of aryl methyl sites for hydroxylation is 1. The van der Waals surface area contributed by atoms with Gasteiger partial charge in [-0.1, -0.05) is 86.3 Å². The van der Waals surface area contributed by atoms with E-state index in [0.29, 0.717) is 15.9 Å². The van der Waals surface area contributed by atoms with Crippen molar-refractivity contribution >= 4 is 59.1 Å².